The Labute approximate surface area is 206 Å². The van der Waals surface area contributed by atoms with Gasteiger partial charge in [-0.15, -0.1) is 0 Å². The second-order valence-electron chi connectivity index (χ2n) is 8.38. The van der Waals surface area contributed by atoms with Crippen molar-refractivity contribution in [3.05, 3.63) is 65.2 Å². The lowest BCUT2D eigenvalue weighted by atomic mass is 9.97. The number of urea groups is 1. The van der Waals surface area contributed by atoms with Gasteiger partial charge in [0.2, 0.25) is 5.91 Å². The van der Waals surface area contributed by atoms with E-state index in [4.69, 9.17) is 16.3 Å². The van der Waals surface area contributed by atoms with Crippen molar-refractivity contribution in [1.29, 1.82) is 0 Å². The molecular formula is C26H32ClN3O4. The zero-order chi connectivity index (χ0) is 24.5. The van der Waals surface area contributed by atoms with E-state index in [0.29, 0.717) is 43.2 Å². The first kappa shape index (κ1) is 25.6. The van der Waals surface area contributed by atoms with E-state index < -0.39 is 0 Å². The van der Waals surface area contributed by atoms with E-state index in [2.05, 4.69) is 5.32 Å². The largest absolute Gasteiger partial charge is 0.466 e. The molecule has 34 heavy (non-hydrogen) atoms. The molecule has 0 radical (unpaired) electrons. The number of likely N-dealkylation sites (tertiary alicyclic amines) is 1. The maximum Gasteiger partial charge on any atom is 0.322 e. The summed E-state index contributed by atoms with van der Waals surface area (Å²) in [6.45, 7) is 5.41. The molecular weight excluding hydrogens is 454 g/mol. The minimum Gasteiger partial charge on any atom is -0.466 e. The number of hydrogen-bond acceptors (Lipinski definition) is 4. The van der Waals surface area contributed by atoms with Crippen molar-refractivity contribution in [2.24, 2.45) is 5.92 Å². The Morgan fingerprint density at radius 1 is 1.12 bits per heavy atom. The summed E-state index contributed by atoms with van der Waals surface area (Å²) in [5.41, 5.74) is 1.57. The number of carbonyl (C=O) groups excluding carboxylic acids is 3. The number of nitrogens with zero attached hydrogens (tertiary/aromatic N) is 2. The predicted octanol–water partition coefficient (Wildman–Crippen LogP) is 5.13. The minimum absolute atomic E-state index is 0.0249. The first-order valence-electron chi connectivity index (χ1n) is 11.7. The SMILES string of the molecule is CCOC(=O)C1CCN(C(=O)CCN(C(=O)Nc2cccc(Cl)c2)C(C)c2ccccc2)CC1. The van der Waals surface area contributed by atoms with Crippen molar-refractivity contribution in [3.63, 3.8) is 0 Å². The molecule has 1 aliphatic rings. The summed E-state index contributed by atoms with van der Waals surface area (Å²) in [4.78, 5) is 41.5. The van der Waals surface area contributed by atoms with Crippen LogP contribution in [0.1, 0.15) is 44.7 Å². The number of piperidine rings is 1. The monoisotopic (exact) mass is 485 g/mol. The second kappa shape index (κ2) is 12.4. The van der Waals surface area contributed by atoms with Crippen molar-refractivity contribution in [2.75, 3.05) is 31.6 Å². The number of hydrogen-bond donors (Lipinski definition) is 1. The third-order valence-electron chi connectivity index (χ3n) is 6.12. The van der Waals surface area contributed by atoms with Gasteiger partial charge in [0.1, 0.15) is 0 Å². The van der Waals surface area contributed by atoms with E-state index in [-0.39, 0.29) is 42.8 Å². The molecule has 3 amide bonds. The molecule has 7 nitrogen and oxygen atoms in total. The van der Waals surface area contributed by atoms with E-state index >= 15 is 0 Å². The van der Waals surface area contributed by atoms with Crippen LogP contribution >= 0.6 is 11.6 Å². The van der Waals surface area contributed by atoms with Gasteiger partial charge in [-0.3, -0.25) is 9.59 Å². The Hall–Kier alpha value is -3.06. The fourth-order valence-corrected chi connectivity index (χ4v) is 4.33. The van der Waals surface area contributed by atoms with Crippen molar-refractivity contribution in [1.82, 2.24) is 9.80 Å². The molecule has 0 bridgehead atoms. The van der Waals surface area contributed by atoms with Crippen LogP contribution < -0.4 is 5.32 Å². The topological polar surface area (TPSA) is 79.0 Å². The predicted molar refractivity (Wildman–Crippen MR) is 133 cm³/mol. The first-order chi connectivity index (χ1) is 16.4. The smallest absolute Gasteiger partial charge is 0.322 e. The van der Waals surface area contributed by atoms with Crippen LogP contribution in [0.4, 0.5) is 10.5 Å². The molecule has 2 aromatic rings. The summed E-state index contributed by atoms with van der Waals surface area (Å²) in [6, 6.07) is 16.1. The fourth-order valence-electron chi connectivity index (χ4n) is 4.14. The van der Waals surface area contributed by atoms with Crippen LogP contribution in [0.2, 0.25) is 5.02 Å². The number of amides is 3. The van der Waals surface area contributed by atoms with Gasteiger partial charge in [-0.1, -0.05) is 48.0 Å². The number of benzene rings is 2. The van der Waals surface area contributed by atoms with Crippen LogP contribution in [0.5, 0.6) is 0 Å². The molecule has 1 unspecified atom stereocenters. The minimum atomic E-state index is -0.299. The Morgan fingerprint density at radius 2 is 1.82 bits per heavy atom. The first-order valence-corrected chi connectivity index (χ1v) is 12.1. The quantitative estimate of drug-likeness (QED) is 0.526. The van der Waals surface area contributed by atoms with Crippen LogP contribution in [0, 0.1) is 5.92 Å². The molecule has 8 heteroatoms. The van der Waals surface area contributed by atoms with Gasteiger partial charge in [-0.05, 0) is 50.5 Å². The molecule has 0 spiro atoms. The molecule has 3 rings (SSSR count). The molecule has 2 aromatic carbocycles. The molecule has 0 aliphatic carbocycles. The van der Waals surface area contributed by atoms with E-state index in [0.717, 1.165) is 5.56 Å². The summed E-state index contributed by atoms with van der Waals surface area (Å²) in [5.74, 6) is -0.361. The molecule has 0 saturated carbocycles. The summed E-state index contributed by atoms with van der Waals surface area (Å²) in [7, 11) is 0. The van der Waals surface area contributed by atoms with Gasteiger partial charge in [0.25, 0.3) is 0 Å². The highest BCUT2D eigenvalue weighted by Crippen LogP contribution is 2.24. The Kier molecular flexibility index (Phi) is 9.33. The second-order valence-corrected chi connectivity index (χ2v) is 8.81. The average molecular weight is 486 g/mol. The molecule has 1 atom stereocenters. The average Bonchev–Trinajstić information content (AvgIpc) is 2.84. The van der Waals surface area contributed by atoms with Gasteiger partial charge < -0.3 is 19.9 Å². The number of anilines is 1. The van der Waals surface area contributed by atoms with Crippen LogP contribution in [-0.2, 0) is 14.3 Å². The van der Waals surface area contributed by atoms with Crippen molar-refractivity contribution < 1.29 is 19.1 Å². The molecule has 1 N–H and O–H groups in total. The third kappa shape index (κ3) is 6.97. The van der Waals surface area contributed by atoms with E-state index in [1.54, 1.807) is 41.0 Å². The molecule has 1 saturated heterocycles. The number of rotatable bonds is 8. The number of nitrogens with one attached hydrogen (secondary N) is 1. The highest BCUT2D eigenvalue weighted by molar-refractivity contribution is 6.30. The summed E-state index contributed by atoms with van der Waals surface area (Å²) < 4.78 is 5.11. The normalized spacial score (nSPS) is 14.9. The Bertz CT molecular complexity index is 977. The van der Waals surface area contributed by atoms with Crippen LogP contribution in [0.15, 0.2) is 54.6 Å². The van der Waals surface area contributed by atoms with Crippen molar-refractivity contribution in [3.8, 4) is 0 Å². The molecule has 1 aliphatic heterocycles. The number of halogens is 1. The third-order valence-corrected chi connectivity index (χ3v) is 6.36. The number of ether oxygens (including phenoxy) is 1. The van der Waals surface area contributed by atoms with Crippen LogP contribution in [0.3, 0.4) is 0 Å². The van der Waals surface area contributed by atoms with Crippen molar-refractivity contribution in [2.45, 2.75) is 39.2 Å². The Morgan fingerprint density at radius 3 is 2.47 bits per heavy atom. The zero-order valence-corrected chi connectivity index (χ0v) is 20.5. The highest BCUT2D eigenvalue weighted by Gasteiger charge is 2.29. The van der Waals surface area contributed by atoms with Gasteiger partial charge in [0.05, 0.1) is 18.6 Å². The van der Waals surface area contributed by atoms with Gasteiger partial charge in [-0.2, -0.15) is 0 Å². The number of esters is 1. The van der Waals surface area contributed by atoms with E-state index in [1.165, 1.54) is 0 Å². The lowest BCUT2D eigenvalue weighted by Gasteiger charge is -2.33. The standard InChI is InChI=1S/C26H32ClN3O4/c1-3-34-25(32)21-12-15-29(16-13-21)24(31)14-17-30(19(2)20-8-5-4-6-9-20)26(33)28-23-11-7-10-22(27)18-23/h4-11,18-19,21H,3,12-17H2,1-2H3,(H,28,33). The maximum absolute atomic E-state index is 13.2. The van der Waals surface area contributed by atoms with E-state index in [1.807, 2.05) is 37.3 Å². The zero-order valence-electron chi connectivity index (χ0n) is 19.7. The summed E-state index contributed by atoms with van der Waals surface area (Å²) >= 11 is 6.06. The summed E-state index contributed by atoms with van der Waals surface area (Å²) in [5, 5.41) is 3.42. The fraction of sp³-hybridized carbons (Fsp3) is 0.423. The van der Waals surface area contributed by atoms with Gasteiger partial charge >= 0.3 is 12.0 Å². The molecule has 182 valence electrons. The van der Waals surface area contributed by atoms with Gasteiger partial charge in [-0.25, -0.2) is 4.79 Å². The van der Waals surface area contributed by atoms with Crippen molar-refractivity contribution >= 4 is 35.2 Å². The molecule has 1 fully saturated rings. The van der Waals surface area contributed by atoms with Crippen LogP contribution in [0.25, 0.3) is 0 Å². The van der Waals surface area contributed by atoms with Gasteiger partial charge in [0.15, 0.2) is 0 Å². The number of carbonyl (C=O) groups is 3. The lowest BCUT2D eigenvalue weighted by molar-refractivity contribution is -0.151. The lowest BCUT2D eigenvalue weighted by Crippen LogP contribution is -2.43. The maximum atomic E-state index is 13.2. The summed E-state index contributed by atoms with van der Waals surface area (Å²) in [6.07, 6.45) is 1.40. The van der Waals surface area contributed by atoms with E-state index in [9.17, 15) is 14.4 Å². The highest BCUT2D eigenvalue weighted by atomic mass is 35.5. The Balaban J connectivity index is 1.64. The van der Waals surface area contributed by atoms with Crippen LogP contribution in [-0.4, -0.2) is 53.9 Å². The molecule has 1 heterocycles. The molecule has 0 aromatic heterocycles. The van der Waals surface area contributed by atoms with Gasteiger partial charge in [0, 0.05) is 36.8 Å².